The molecule has 3 rings (SSSR count). The van der Waals surface area contributed by atoms with Gasteiger partial charge in [-0.15, -0.1) is 0 Å². The molecule has 130 valence electrons. The van der Waals surface area contributed by atoms with Crippen molar-refractivity contribution in [3.8, 4) is 11.5 Å². The molecule has 2 aromatic rings. The summed E-state index contributed by atoms with van der Waals surface area (Å²) in [6, 6.07) is 6.37. The van der Waals surface area contributed by atoms with E-state index in [-0.39, 0.29) is 0 Å². The summed E-state index contributed by atoms with van der Waals surface area (Å²) in [4.78, 5) is 4.47. The van der Waals surface area contributed by atoms with Crippen molar-refractivity contribution in [3.63, 3.8) is 0 Å². The molecule has 24 heavy (non-hydrogen) atoms. The fraction of sp³-hybridized carbons (Fsp3) is 0.556. The summed E-state index contributed by atoms with van der Waals surface area (Å²) in [5.41, 5.74) is 1.04. The number of methoxy groups -OCH3 is 2. The number of benzene rings is 1. The highest BCUT2D eigenvalue weighted by Crippen LogP contribution is 2.28. The van der Waals surface area contributed by atoms with E-state index < -0.39 is 0 Å². The fourth-order valence-corrected chi connectivity index (χ4v) is 3.23. The van der Waals surface area contributed by atoms with E-state index >= 15 is 0 Å². The molecule has 0 aliphatic heterocycles. The Morgan fingerprint density at radius 1 is 1.21 bits per heavy atom. The summed E-state index contributed by atoms with van der Waals surface area (Å²) in [5, 5.41) is 7.58. The molecular weight excluding hydrogens is 306 g/mol. The molecule has 6 heteroatoms. The number of ether oxygens (including phenoxy) is 2. The molecule has 1 aromatic heterocycles. The molecule has 1 aliphatic rings. The van der Waals surface area contributed by atoms with Crippen LogP contribution in [0.5, 0.6) is 11.5 Å². The van der Waals surface area contributed by atoms with Crippen LogP contribution in [0.1, 0.15) is 43.5 Å². The molecule has 1 saturated carbocycles. The van der Waals surface area contributed by atoms with E-state index in [1.807, 2.05) is 18.2 Å². The highest BCUT2D eigenvalue weighted by Gasteiger charge is 2.21. The lowest BCUT2D eigenvalue weighted by Crippen LogP contribution is -2.26. The van der Waals surface area contributed by atoms with Crippen molar-refractivity contribution >= 4 is 0 Å². The maximum Gasteiger partial charge on any atom is 0.231 e. The van der Waals surface area contributed by atoms with Crippen LogP contribution >= 0.6 is 0 Å². The topological polar surface area (TPSA) is 69.4 Å². The largest absolute Gasteiger partial charge is 0.493 e. The zero-order valence-electron chi connectivity index (χ0n) is 14.5. The zero-order valence-corrected chi connectivity index (χ0v) is 14.5. The Bertz CT molecular complexity index is 671. The van der Waals surface area contributed by atoms with E-state index in [4.69, 9.17) is 14.0 Å². The van der Waals surface area contributed by atoms with Crippen LogP contribution < -0.4 is 14.8 Å². The Balaban J connectivity index is 1.57. The van der Waals surface area contributed by atoms with Gasteiger partial charge in [0.05, 0.1) is 27.2 Å². The summed E-state index contributed by atoms with van der Waals surface area (Å²) >= 11 is 0. The van der Waals surface area contributed by atoms with E-state index in [9.17, 15) is 0 Å². The van der Waals surface area contributed by atoms with E-state index in [1.54, 1.807) is 14.2 Å². The van der Waals surface area contributed by atoms with Crippen molar-refractivity contribution in [2.24, 2.45) is 5.92 Å². The number of aromatic nitrogens is 2. The Labute approximate surface area is 142 Å². The standard InChI is InChI=1S/C18H25N3O3/c1-12-4-6-14(8-12)19-11-17-20-18(24-21-17)10-13-5-7-15(22-2)16(9-13)23-3/h5,7,9,12,14,19H,4,6,8,10-11H2,1-3H3. The van der Waals surface area contributed by atoms with Gasteiger partial charge in [0.15, 0.2) is 17.3 Å². The van der Waals surface area contributed by atoms with E-state index in [0.29, 0.717) is 42.2 Å². The van der Waals surface area contributed by atoms with Gasteiger partial charge in [-0.05, 0) is 42.9 Å². The normalized spacial score (nSPS) is 20.3. The molecule has 0 radical (unpaired) electrons. The minimum Gasteiger partial charge on any atom is -0.493 e. The quantitative estimate of drug-likeness (QED) is 0.841. The molecule has 0 bridgehead atoms. The first kappa shape index (κ1) is 16.8. The van der Waals surface area contributed by atoms with Gasteiger partial charge in [-0.25, -0.2) is 0 Å². The molecule has 2 atom stereocenters. The van der Waals surface area contributed by atoms with Gasteiger partial charge in [0, 0.05) is 6.04 Å². The van der Waals surface area contributed by atoms with Gasteiger partial charge >= 0.3 is 0 Å². The summed E-state index contributed by atoms with van der Waals surface area (Å²) in [6.45, 7) is 2.96. The van der Waals surface area contributed by atoms with Gasteiger partial charge in [-0.2, -0.15) is 4.98 Å². The monoisotopic (exact) mass is 331 g/mol. The molecule has 2 unspecified atom stereocenters. The number of nitrogens with one attached hydrogen (secondary N) is 1. The van der Waals surface area contributed by atoms with Crippen molar-refractivity contribution < 1.29 is 14.0 Å². The van der Waals surface area contributed by atoms with Gasteiger partial charge in [0.25, 0.3) is 0 Å². The lowest BCUT2D eigenvalue weighted by atomic mass is 10.1. The molecule has 1 fully saturated rings. The molecule has 1 N–H and O–H groups in total. The molecule has 1 aliphatic carbocycles. The third-order valence-corrected chi connectivity index (χ3v) is 4.56. The third kappa shape index (κ3) is 4.06. The summed E-state index contributed by atoms with van der Waals surface area (Å²) < 4.78 is 15.9. The SMILES string of the molecule is COc1ccc(Cc2nc(CNC3CCC(C)C3)no2)cc1OC. The maximum absolute atomic E-state index is 5.36. The fourth-order valence-electron chi connectivity index (χ4n) is 3.23. The minimum absolute atomic E-state index is 0.577. The van der Waals surface area contributed by atoms with Crippen molar-refractivity contribution in [1.29, 1.82) is 0 Å². The predicted molar refractivity (Wildman–Crippen MR) is 90.3 cm³/mol. The third-order valence-electron chi connectivity index (χ3n) is 4.56. The van der Waals surface area contributed by atoms with Crippen molar-refractivity contribution in [2.75, 3.05) is 14.2 Å². The maximum atomic E-state index is 5.36. The van der Waals surface area contributed by atoms with Crippen LogP contribution in [-0.2, 0) is 13.0 Å². The Morgan fingerprint density at radius 2 is 2.04 bits per heavy atom. The van der Waals surface area contributed by atoms with Crippen LogP contribution in [0.25, 0.3) is 0 Å². The Hall–Kier alpha value is -2.08. The second-order valence-corrected chi connectivity index (χ2v) is 6.47. The molecule has 0 saturated heterocycles. The minimum atomic E-state index is 0.577. The lowest BCUT2D eigenvalue weighted by Gasteiger charge is -2.09. The number of hydrogen-bond donors (Lipinski definition) is 1. The summed E-state index contributed by atoms with van der Waals surface area (Å²) in [7, 11) is 3.25. The van der Waals surface area contributed by atoms with Gasteiger partial charge in [0.2, 0.25) is 5.89 Å². The van der Waals surface area contributed by atoms with Gasteiger partial charge in [-0.3, -0.25) is 0 Å². The van der Waals surface area contributed by atoms with Crippen LogP contribution in [0.15, 0.2) is 22.7 Å². The Kier molecular flexibility index (Phi) is 5.35. The molecule has 0 amide bonds. The summed E-state index contributed by atoms with van der Waals surface area (Å²) in [5.74, 6) is 3.55. The van der Waals surface area contributed by atoms with Crippen molar-refractivity contribution in [2.45, 2.75) is 45.2 Å². The van der Waals surface area contributed by atoms with E-state index in [0.717, 1.165) is 11.5 Å². The van der Waals surface area contributed by atoms with Crippen molar-refractivity contribution in [1.82, 2.24) is 15.5 Å². The van der Waals surface area contributed by atoms with Gasteiger partial charge < -0.3 is 19.3 Å². The average Bonchev–Trinajstić information content (AvgIpc) is 3.21. The zero-order chi connectivity index (χ0) is 16.9. The molecule has 6 nitrogen and oxygen atoms in total. The van der Waals surface area contributed by atoms with Gasteiger partial charge in [0.1, 0.15) is 0 Å². The first-order valence-corrected chi connectivity index (χ1v) is 8.43. The smallest absolute Gasteiger partial charge is 0.231 e. The second kappa shape index (κ2) is 7.66. The van der Waals surface area contributed by atoms with Crippen LogP contribution in [0.2, 0.25) is 0 Å². The number of rotatable bonds is 7. The van der Waals surface area contributed by atoms with Gasteiger partial charge in [-0.1, -0.05) is 18.1 Å². The van der Waals surface area contributed by atoms with Crippen LogP contribution in [0.3, 0.4) is 0 Å². The van der Waals surface area contributed by atoms with Crippen LogP contribution in [-0.4, -0.2) is 30.4 Å². The van der Waals surface area contributed by atoms with Crippen LogP contribution in [0.4, 0.5) is 0 Å². The highest BCUT2D eigenvalue weighted by atomic mass is 16.5. The second-order valence-electron chi connectivity index (χ2n) is 6.47. The molecule has 1 aromatic carbocycles. The van der Waals surface area contributed by atoms with E-state index in [2.05, 4.69) is 22.4 Å². The lowest BCUT2D eigenvalue weighted by molar-refractivity contribution is 0.354. The predicted octanol–water partition coefficient (Wildman–Crippen LogP) is 2.96. The van der Waals surface area contributed by atoms with Crippen LogP contribution in [0, 0.1) is 5.92 Å². The molecule has 0 spiro atoms. The van der Waals surface area contributed by atoms with Crippen molar-refractivity contribution in [3.05, 3.63) is 35.5 Å². The van der Waals surface area contributed by atoms with E-state index in [1.165, 1.54) is 19.3 Å². The molecular formula is C18H25N3O3. The molecule has 1 heterocycles. The number of hydrogen-bond acceptors (Lipinski definition) is 6. The first-order chi connectivity index (χ1) is 11.7. The highest BCUT2D eigenvalue weighted by molar-refractivity contribution is 5.43. The number of nitrogens with zero attached hydrogens (tertiary/aromatic N) is 2. The Morgan fingerprint density at radius 3 is 2.75 bits per heavy atom. The average molecular weight is 331 g/mol. The summed E-state index contributed by atoms with van der Waals surface area (Å²) in [6.07, 6.45) is 4.34. The first-order valence-electron chi connectivity index (χ1n) is 8.43.